The van der Waals surface area contributed by atoms with Crippen LogP contribution in [0.15, 0.2) is 83.4 Å². The highest BCUT2D eigenvalue weighted by Gasteiger charge is 2.26. The number of carbonyl (C=O) groups excluding carboxylic acids is 2. The zero-order valence-electron chi connectivity index (χ0n) is 24.1. The fourth-order valence-electron chi connectivity index (χ4n) is 5.39. The average Bonchev–Trinajstić information content (AvgIpc) is 3.66. The van der Waals surface area contributed by atoms with Crippen LogP contribution in [0.5, 0.6) is 5.75 Å². The Hall–Kier alpha value is -4.46. The van der Waals surface area contributed by atoms with Gasteiger partial charge in [-0.05, 0) is 61.4 Å². The van der Waals surface area contributed by atoms with E-state index in [4.69, 9.17) is 9.15 Å². The molecule has 0 atom stereocenters. The molecule has 1 aliphatic heterocycles. The number of furan rings is 1. The Morgan fingerprint density at radius 2 is 1.68 bits per heavy atom. The fraction of sp³-hybridized carbons (Fsp3) is 0.333. The maximum Gasteiger partial charge on any atom is 0.289 e. The van der Waals surface area contributed by atoms with Gasteiger partial charge in [-0.3, -0.25) is 9.59 Å². The van der Waals surface area contributed by atoms with Crippen LogP contribution in [0.3, 0.4) is 0 Å². The van der Waals surface area contributed by atoms with Crippen molar-refractivity contribution in [3.8, 4) is 5.75 Å². The summed E-state index contributed by atoms with van der Waals surface area (Å²) in [4.78, 5) is 32.6. The highest BCUT2D eigenvalue weighted by Crippen LogP contribution is 2.28. The molecule has 8 nitrogen and oxygen atoms in total. The number of aryl methyl sites for hydroxylation is 1. The van der Waals surface area contributed by atoms with Crippen molar-refractivity contribution in [2.24, 2.45) is 0 Å². The van der Waals surface area contributed by atoms with E-state index in [9.17, 15) is 9.59 Å². The number of piperazine rings is 1. The molecular weight excluding hydrogens is 516 g/mol. The lowest BCUT2D eigenvalue weighted by atomic mass is 10.1. The van der Waals surface area contributed by atoms with Crippen molar-refractivity contribution in [3.05, 3.63) is 107 Å². The Bertz CT molecular complexity index is 1480. The van der Waals surface area contributed by atoms with Crippen LogP contribution < -0.4 is 9.64 Å². The number of benzene rings is 2. The van der Waals surface area contributed by atoms with Gasteiger partial charge in [0.05, 0.1) is 25.9 Å². The molecule has 2 aromatic carbocycles. The molecule has 41 heavy (non-hydrogen) atoms. The molecule has 2 aromatic heterocycles. The van der Waals surface area contributed by atoms with Gasteiger partial charge in [0.25, 0.3) is 11.8 Å². The number of aromatic nitrogens is 1. The van der Waals surface area contributed by atoms with Crippen LogP contribution in [0.25, 0.3) is 0 Å². The topological polar surface area (TPSA) is 71.2 Å². The lowest BCUT2D eigenvalue weighted by Crippen LogP contribution is -2.48. The van der Waals surface area contributed by atoms with Crippen LogP contribution in [0.2, 0.25) is 0 Å². The molecular formula is C33H38N4O4. The van der Waals surface area contributed by atoms with E-state index in [2.05, 4.69) is 16.4 Å². The first kappa shape index (κ1) is 28.1. The Labute approximate surface area is 241 Å². The zero-order valence-corrected chi connectivity index (χ0v) is 24.1. The third kappa shape index (κ3) is 6.32. The number of para-hydroxylation sites is 2. The Kier molecular flexibility index (Phi) is 8.77. The minimum atomic E-state index is -0.0957. The maximum atomic E-state index is 13.4. The lowest BCUT2D eigenvalue weighted by Gasteiger charge is -2.36. The molecule has 214 valence electrons. The molecule has 1 fully saturated rings. The van der Waals surface area contributed by atoms with Gasteiger partial charge < -0.3 is 28.4 Å². The van der Waals surface area contributed by atoms with Crippen molar-refractivity contribution < 1.29 is 18.7 Å². The summed E-state index contributed by atoms with van der Waals surface area (Å²) in [5.41, 5.74) is 3.76. The third-order valence-corrected chi connectivity index (χ3v) is 7.62. The molecule has 3 heterocycles. The summed E-state index contributed by atoms with van der Waals surface area (Å²) in [7, 11) is 1.68. The van der Waals surface area contributed by atoms with Gasteiger partial charge in [-0.1, -0.05) is 37.3 Å². The molecule has 1 aliphatic rings. The summed E-state index contributed by atoms with van der Waals surface area (Å²) >= 11 is 0. The summed E-state index contributed by atoms with van der Waals surface area (Å²) in [6.07, 6.45) is 2.86. The van der Waals surface area contributed by atoms with E-state index >= 15 is 0 Å². The first-order valence-electron chi connectivity index (χ1n) is 14.2. The Morgan fingerprint density at radius 1 is 0.927 bits per heavy atom. The van der Waals surface area contributed by atoms with Crippen LogP contribution in [0.4, 0.5) is 5.69 Å². The summed E-state index contributed by atoms with van der Waals surface area (Å²) in [5.74, 6) is 1.83. The van der Waals surface area contributed by atoms with Gasteiger partial charge in [0.1, 0.15) is 11.5 Å². The zero-order chi connectivity index (χ0) is 28.8. The van der Waals surface area contributed by atoms with Gasteiger partial charge in [-0.25, -0.2) is 0 Å². The number of carbonyl (C=O) groups is 2. The first-order valence-corrected chi connectivity index (χ1v) is 14.2. The van der Waals surface area contributed by atoms with Crippen LogP contribution in [0, 0.1) is 6.92 Å². The summed E-state index contributed by atoms with van der Waals surface area (Å²) in [6, 6.07) is 23.3. The predicted molar refractivity (Wildman–Crippen MR) is 160 cm³/mol. The number of hydrogen-bond acceptors (Lipinski definition) is 5. The van der Waals surface area contributed by atoms with Crippen molar-refractivity contribution in [1.29, 1.82) is 0 Å². The molecule has 0 bridgehead atoms. The average molecular weight is 555 g/mol. The number of nitrogens with zero attached hydrogens (tertiary/aromatic N) is 4. The van der Waals surface area contributed by atoms with Gasteiger partial charge >= 0.3 is 0 Å². The monoisotopic (exact) mass is 554 g/mol. The molecule has 0 saturated carbocycles. The lowest BCUT2D eigenvalue weighted by molar-refractivity contribution is 0.0709. The number of rotatable bonds is 10. The third-order valence-electron chi connectivity index (χ3n) is 7.62. The van der Waals surface area contributed by atoms with Crippen molar-refractivity contribution in [2.45, 2.75) is 33.4 Å². The normalized spacial score (nSPS) is 13.3. The van der Waals surface area contributed by atoms with E-state index in [0.717, 1.165) is 47.8 Å². The second-order valence-corrected chi connectivity index (χ2v) is 10.4. The van der Waals surface area contributed by atoms with Gasteiger partial charge in [-0.2, -0.15) is 0 Å². The standard InChI is InChI=1S/C33H38N4O4/c1-4-17-37(32(38)28-12-6-5-10-25(28)2)23-26-11-9-18-36(26)24-27-15-16-31(41-27)33(39)35-21-19-34(20-22-35)29-13-7-8-14-30(29)40-3/h5-16,18H,4,17,19-24H2,1-3H3. The number of amides is 2. The van der Waals surface area contributed by atoms with Crippen molar-refractivity contribution in [2.75, 3.05) is 44.7 Å². The summed E-state index contributed by atoms with van der Waals surface area (Å²) < 4.78 is 13.6. The van der Waals surface area contributed by atoms with Gasteiger partial charge in [-0.15, -0.1) is 0 Å². The molecule has 0 unspecified atom stereocenters. The minimum Gasteiger partial charge on any atom is -0.495 e. The smallest absolute Gasteiger partial charge is 0.289 e. The van der Waals surface area contributed by atoms with Crippen LogP contribution >= 0.6 is 0 Å². The van der Waals surface area contributed by atoms with Crippen LogP contribution in [0.1, 0.15) is 51.3 Å². The largest absolute Gasteiger partial charge is 0.495 e. The highest BCUT2D eigenvalue weighted by molar-refractivity contribution is 5.95. The summed E-state index contributed by atoms with van der Waals surface area (Å²) in [6.45, 7) is 8.36. The van der Waals surface area contributed by atoms with Crippen molar-refractivity contribution >= 4 is 17.5 Å². The molecule has 0 N–H and O–H groups in total. The highest BCUT2D eigenvalue weighted by atomic mass is 16.5. The second-order valence-electron chi connectivity index (χ2n) is 10.4. The van der Waals surface area contributed by atoms with Crippen molar-refractivity contribution in [1.82, 2.24) is 14.4 Å². The number of methoxy groups -OCH3 is 1. The van der Waals surface area contributed by atoms with E-state index in [1.165, 1.54) is 0 Å². The van der Waals surface area contributed by atoms with E-state index in [1.54, 1.807) is 13.2 Å². The Morgan fingerprint density at radius 3 is 2.44 bits per heavy atom. The summed E-state index contributed by atoms with van der Waals surface area (Å²) in [5, 5.41) is 0. The van der Waals surface area contributed by atoms with Crippen LogP contribution in [-0.2, 0) is 13.1 Å². The van der Waals surface area contributed by atoms with E-state index in [0.29, 0.717) is 44.2 Å². The molecule has 4 aromatic rings. The molecule has 8 heteroatoms. The maximum absolute atomic E-state index is 13.4. The SMILES string of the molecule is CCCN(Cc1cccn1Cc1ccc(C(=O)N2CCN(c3ccccc3OC)CC2)o1)C(=O)c1ccccc1C. The minimum absolute atomic E-state index is 0.0365. The van der Waals surface area contributed by atoms with E-state index in [1.807, 2.05) is 89.7 Å². The number of hydrogen-bond donors (Lipinski definition) is 0. The number of anilines is 1. The van der Waals surface area contributed by atoms with Crippen molar-refractivity contribution in [3.63, 3.8) is 0 Å². The molecule has 5 rings (SSSR count). The van der Waals surface area contributed by atoms with Gasteiger partial charge in [0.2, 0.25) is 0 Å². The van der Waals surface area contributed by atoms with Gasteiger partial charge in [0.15, 0.2) is 5.76 Å². The molecule has 0 aliphatic carbocycles. The fourth-order valence-corrected chi connectivity index (χ4v) is 5.39. The van der Waals surface area contributed by atoms with E-state index < -0.39 is 0 Å². The quantitative estimate of drug-likeness (QED) is 0.260. The second kappa shape index (κ2) is 12.8. The Balaban J connectivity index is 1.22. The molecule has 0 radical (unpaired) electrons. The molecule has 0 spiro atoms. The molecule has 2 amide bonds. The van der Waals surface area contributed by atoms with Crippen LogP contribution in [-0.4, -0.2) is 66.0 Å². The predicted octanol–water partition coefficient (Wildman–Crippen LogP) is 5.46. The van der Waals surface area contributed by atoms with Gasteiger partial charge in [0, 0.05) is 50.2 Å². The number of ether oxygens (including phenoxy) is 1. The molecule has 1 saturated heterocycles. The van der Waals surface area contributed by atoms with E-state index in [-0.39, 0.29) is 11.8 Å². The first-order chi connectivity index (χ1) is 20.0.